The first-order chi connectivity index (χ1) is 8.08. The third kappa shape index (κ3) is 3.19. The van der Waals surface area contributed by atoms with Gasteiger partial charge in [0.15, 0.2) is 0 Å². The molecule has 0 spiro atoms. The SMILES string of the molecule is O=C(NC1CCCC1Br)c1ccc(F)cc1I. The van der Waals surface area contributed by atoms with Crippen LogP contribution in [0.5, 0.6) is 0 Å². The van der Waals surface area contributed by atoms with Crippen LogP contribution in [0.3, 0.4) is 0 Å². The van der Waals surface area contributed by atoms with Gasteiger partial charge in [-0.3, -0.25) is 4.79 Å². The highest BCUT2D eigenvalue weighted by atomic mass is 127. The molecule has 1 aliphatic carbocycles. The Labute approximate surface area is 122 Å². The lowest BCUT2D eigenvalue weighted by molar-refractivity contribution is 0.0938. The molecule has 5 heteroatoms. The van der Waals surface area contributed by atoms with Crippen molar-refractivity contribution >= 4 is 44.4 Å². The summed E-state index contributed by atoms with van der Waals surface area (Å²) in [4.78, 5) is 12.4. The standard InChI is InChI=1S/C12H12BrFINO/c13-9-2-1-3-11(9)16-12(17)8-5-4-7(14)6-10(8)15/h4-6,9,11H,1-3H2,(H,16,17). The Morgan fingerprint density at radius 1 is 1.47 bits per heavy atom. The van der Waals surface area contributed by atoms with Gasteiger partial charge in [-0.2, -0.15) is 0 Å². The van der Waals surface area contributed by atoms with Crippen LogP contribution < -0.4 is 5.32 Å². The molecule has 0 saturated heterocycles. The maximum atomic E-state index is 12.9. The van der Waals surface area contributed by atoms with E-state index in [1.807, 2.05) is 22.6 Å². The van der Waals surface area contributed by atoms with Crippen molar-refractivity contribution in [1.82, 2.24) is 5.32 Å². The quantitative estimate of drug-likeness (QED) is 0.585. The first-order valence-corrected chi connectivity index (χ1v) is 7.47. The summed E-state index contributed by atoms with van der Waals surface area (Å²) in [5, 5.41) is 2.99. The van der Waals surface area contributed by atoms with Gasteiger partial charge in [0.1, 0.15) is 5.82 Å². The summed E-state index contributed by atoms with van der Waals surface area (Å²) in [5.41, 5.74) is 0.540. The van der Waals surface area contributed by atoms with Crippen molar-refractivity contribution < 1.29 is 9.18 Å². The number of halogens is 3. The molecule has 1 fully saturated rings. The molecule has 1 aromatic rings. The normalized spacial score (nSPS) is 23.7. The zero-order valence-electron chi connectivity index (χ0n) is 9.05. The van der Waals surface area contributed by atoms with Gasteiger partial charge in [0.05, 0.1) is 5.56 Å². The molecule has 0 aliphatic heterocycles. The summed E-state index contributed by atoms with van der Waals surface area (Å²) in [6.07, 6.45) is 3.21. The average molecular weight is 412 g/mol. The van der Waals surface area contributed by atoms with Crippen LogP contribution in [0.15, 0.2) is 18.2 Å². The zero-order valence-corrected chi connectivity index (χ0v) is 12.8. The minimum absolute atomic E-state index is 0.120. The Hall–Kier alpha value is -0.170. The Balaban J connectivity index is 2.09. The lowest BCUT2D eigenvalue weighted by atomic mass is 10.2. The molecule has 17 heavy (non-hydrogen) atoms. The van der Waals surface area contributed by atoms with Crippen molar-refractivity contribution in [2.75, 3.05) is 0 Å². The summed E-state index contributed by atoms with van der Waals surface area (Å²) in [5.74, 6) is -0.434. The van der Waals surface area contributed by atoms with Gasteiger partial charge in [-0.15, -0.1) is 0 Å². The van der Waals surface area contributed by atoms with Crippen LogP contribution in [-0.2, 0) is 0 Å². The number of rotatable bonds is 2. The molecule has 0 aromatic heterocycles. The van der Waals surface area contributed by atoms with Crippen LogP contribution >= 0.6 is 38.5 Å². The van der Waals surface area contributed by atoms with Gasteiger partial charge in [0.2, 0.25) is 0 Å². The minimum atomic E-state index is -0.315. The van der Waals surface area contributed by atoms with Crippen LogP contribution in [0.1, 0.15) is 29.6 Å². The molecule has 0 heterocycles. The summed E-state index contributed by atoms with van der Waals surface area (Å²) >= 11 is 5.54. The molecule has 2 nitrogen and oxygen atoms in total. The van der Waals surface area contributed by atoms with Gasteiger partial charge >= 0.3 is 0 Å². The second-order valence-corrected chi connectivity index (χ2v) is 6.49. The minimum Gasteiger partial charge on any atom is -0.348 e. The number of carbonyl (C=O) groups is 1. The summed E-state index contributed by atoms with van der Waals surface area (Å²) in [6.45, 7) is 0. The topological polar surface area (TPSA) is 29.1 Å². The number of benzene rings is 1. The van der Waals surface area contributed by atoms with Crippen LogP contribution in [0.2, 0.25) is 0 Å². The zero-order chi connectivity index (χ0) is 12.4. The Morgan fingerprint density at radius 3 is 2.82 bits per heavy atom. The van der Waals surface area contributed by atoms with Crippen molar-refractivity contribution in [2.45, 2.75) is 30.1 Å². The number of nitrogens with one attached hydrogen (secondary N) is 1. The van der Waals surface area contributed by atoms with Crippen molar-refractivity contribution in [3.05, 3.63) is 33.1 Å². The second-order valence-electron chi connectivity index (χ2n) is 4.15. The number of alkyl halides is 1. The second kappa shape index (κ2) is 5.65. The predicted octanol–water partition coefficient (Wildman–Crippen LogP) is 3.48. The number of hydrogen-bond acceptors (Lipinski definition) is 1. The van der Waals surface area contributed by atoms with Gasteiger partial charge in [0.25, 0.3) is 5.91 Å². The molecular weight excluding hydrogens is 400 g/mol. The third-order valence-corrected chi connectivity index (χ3v) is 4.91. The van der Waals surface area contributed by atoms with Gasteiger partial charge < -0.3 is 5.32 Å². The fourth-order valence-electron chi connectivity index (χ4n) is 2.00. The lowest BCUT2D eigenvalue weighted by Gasteiger charge is -2.16. The third-order valence-electron chi connectivity index (χ3n) is 2.92. The summed E-state index contributed by atoms with van der Waals surface area (Å²) in [7, 11) is 0. The molecule has 1 amide bonds. The van der Waals surface area contributed by atoms with E-state index in [-0.39, 0.29) is 17.8 Å². The highest BCUT2D eigenvalue weighted by Gasteiger charge is 2.26. The van der Waals surface area contributed by atoms with E-state index in [0.717, 1.165) is 19.3 Å². The molecular formula is C12H12BrFINO. The maximum Gasteiger partial charge on any atom is 0.252 e. The van der Waals surface area contributed by atoms with Gasteiger partial charge in [-0.1, -0.05) is 22.4 Å². The van der Waals surface area contributed by atoms with Crippen LogP contribution in [0.4, 0.5) is 4.39 Å². The van der Waals surface area contributed by atoms with E-state index in [1.165, 1.54) is 18.2 Å². The Morgan fingerprint density at radius 2 is 2.24 bits per heavy atom. The van der Waals surface area contributed by atoms with E-state index in [0.29, 0.717) is 14.0 Å². The van der Waals surface area contributed by atoms with Crippen LogP contribution in [0.25, 0.3) is 0 Å². The van der Waals surface area contributed by atoms with Gasteiger partial charge in [-0.05, 0) is 53.6 Å². The first-order valence-electron chi connectivity index (χ1n) is 5.48. The number of amides is 1. The van der Waals surface area contributed by atoms with E-state index in [9.17, 15) is 9.18 Å². The average Bonchev–Trinajstić information content (AvgIpc) is 2.64. The van der Waals surface area contributed by atoms with Crippen molar-refractivity contribution in [3.8, 4) is 0 Å². The van der Waals surface area contributed by atoms with E-state index < -0.39 is 0 Å². The molecule has 2 rings (SSSR count). The van der Waals surface area contributed by atoms with Crippen LogP contribution in [-0.4, -0.2) is 16.8 Å². The number of carbonyl (C=O) groups excluding carboxylic acids is 1. The van der Waals surface area contributed by atoms with E-state index in [1.54, 1.807) is 0 Å². The summed E-state index contributed by atoms with van der Waals surface area (Å²) in [6, 6.07) is 4.40. The molecule has 1 aromatic carbocycles. The molecule has 2 unspecified atom stereocenters. The fourth-order valence-corrected chi connectivity index (χ4v) is 3.44. The van der Waals surface area contributed by atoms with E-state index in [2.05, 4.69) is 21.2 Å². The molecule has 0 radical (unpaired) electrons. The molecule has 92 valence electrons. The van der Waals surface area contributed by atoms with E-state index >= 15 is 0 Å². The highest BCUT2D eigenvalue weighted by Crippen LogP contribution is 2.26. The molecule has 0 bridgehead atoms. The van der Waals surface area contributed by atoms with E-state index in [4.69, 9.17) is 0 Å². The maximum absolute atomic E-state index is 12.9. The largest absolute Gasteiger partial charge is 0.348 e. The molecule has 2 atom stereocenters. The van der Waals surface area contributed by atoms with Crippen molar-refractivity contribution in [3.63, 3.8) is 0 Å². The van der Waals surface area contributed by atoms with Crippen LogP contribution in [0, 0.1) is 9.39 Å². The first kappa shape index (κ1) is 13.3. The Bertz CT molecular complexity index is 441. The van der Waals surface area contributed by atoms with Gasteiger partial charge in [-0.25, -0.2) is 4.39 Å². The molecule has 1 saturated carbocycles. The highest BCUT2D eigenvalue weighted by molar-refractivity contribution is 14.1. The Kier molecular flexibility index (Phi) is 4.41. The number of hydrogen-bond donors (Lipinski definition) is 1. The predicted molar refractivity (Wildman–Crippen MR) is 76.9 cm³/mol. The van der Waals surface area contributed by atoms with Crippen molar-refractivity contribution in [1.29, 1.82) is 0 Å². The molecule has 1 N–H and O–H groups in total. The lowest BCUT2D eigenvalue weighted by Crippen LogP contribution is -2.38. The summed E-state index contributed by atoms with van der Waals surface area (Å²) < 4.78 is 13.6. The van der Waals surface area contributed by atoms with Crippen molar-refractivity contribution in [2.24, 2.45) is 0 Å². The monoisotopic (exact) mass is 411 g/mol. The molecule has 1 aliphatic rings. The smallest absolute Gasteiger partial charge is 0.252 e. The fraction of sp³-hybridized carbons (Fsp3) is 0.417. The van der Waals surface area contributed by atoms with Gasteiger partial charge in [0, 0.05) is 14.4 Å².